The molecule has 0 aromatic carbocycles. The highest BCUT2D eigenvalue weighted by atomic mass is 16.5. The van der Waals surface area contributed by atoms with E-state index in [4.69, 9.17) is 9.15 Å². The molecule has 0 N–H and O–H groups in total. The Morgan fingerprint density at radius 3 is 2.59 bits per heavy atom. The Kier molecular flexibility index (Phi) is 3.14. The van der Waals surface area contributed by atoms with Crippen LogP contribution in [0.5, 0.6) is 0 Å². The predicted molar refractivity (Wildman–Crippen MR) is 62.6 cm³/mol. The van der Waals surface area contributed by atoms with Crippen LogP contribution in [0, 0.1) is 5.92 Å². The lowest BCUT2D eigenvalue weighted by atomic mass is 9.85. The first kappa shape index (κ1) is 11.2. The Labute approximate surface area is 102 Å². The van der Waals surface area contributed by atoms with Crippen molar-refractivity contribution in [3.05, 3.63) is 11.8 Å². The molecule has 1 aromatic rings. The minimum absolute atomic E-state index is 0.0584. The molecule has 2 saturated carbocycles. The van der Waals surface area contributed by atoms with Gasteiger partial charge in [0.2, 0.25) is 11.8 Å². The van der Waals surface area contributed by atoms with E-state index in [1.54, 1.807) is 0 Å². The quantitative estimate of drug-likeness (QED) is 0.787. The van der Waals surface area contributed by atoms with Gasteiger partial charge in [0, 0.05) is 5.92 Å². The third kappa shape index (κ3) is 2.37. The number of hydrogen-bond donors (Lipinski definition) is 0. The van der Waals surface area contributed by atoms with Crippen molar-refractivity contribution in [3.63, 3.8) is 0 Å². The molecule has 0 bridgehead atoms. The van der Waals surface area contributed by atoms with Gasteiger partial charge in [-0.25, -0.2) is 0 Å². The number of nitrogens with zero attached hydrogens (tertiary/aromatic N) is 2. The third-order valence-electron chi connectivity index (χ3n) is 4.07. The van der Waals surface area contributed by atoms with Gasteiger partial charge in [0.05, 0.1) is 6.61 Å². The summed E-state index contributed by atoms with van der Waals surface area (Å²) < 4.78 is 11.5. The molecule has 2 aliphatic carbocycles. The Hall–Kier alpha value is -0.900. The van der Waals surface area contributed by atoms with Crippen LogP contribution in [0.4, 0.5) is 0 Å². The Morgan fingerprint density at radius 2 is 2.00 bits per heavy atom. The van der Waals surface area contributed by atoms with E-state index in [0.717, 1.165) is 18.4 Å². The highest BCUT2D eigenvalue weighted by Crippen LogP contribution is 2.36. The average Bonchev–Trinajstić information content (AvgIpc) is 2.61. The average molecular weight is 236 g/mol. The van der Waals surface area contributed by atoms with Crippen LogP contribution in [0.1, 0.15) is 69.3 Å². The second-order valence-electron chi connectivity index (χ2n) is 5.38. The second kappa shape index (κ2) is 4.77. The maximum absolute atomic E-state index is 5.78. The van der Waals surface area contributed by atoms with Crippen molar-refractivity contribution in [2.75, 3.05) is 6.61 Å². The molecule has 1 heterocycles. The number of rotatable bonds is 5. The third-order valence-corrected chi connectivity index (χ3v) is 4.07. The number of aromatic nitrogens is 2. The molecule has 2 fully saturated rings. The van der Waals surface area contributed by atoms with Gasteiger partial charge in [0.15, 0.2) is 0 Å². The lowest BCUT2D eigenvalue weighted by molar-refractivity contribution is 0.00514. The topological polar surface area (TPSA) is 48.2 Å². The second-order valence-corrected chi connectivity index (χ2v) is 5.38. The standard InChI is InChI=1S/C13H20N2O2/c1-9(16-8-10-4-2-5-10)12-14-15-13(17-12)11-6-3-7-11/h9-11H,2-8H2,1H3. The summed E-state index contributed by atoms with van der Waals surface area (Å²) in [5.74, 6) is 2.72. The SMILES string of the molecule is CC(OCC1CCC1)c1nnc(C2CCC2)o1. The summed E-state index contributed by atoms with van der Waals surface area (Å²) in [6.45, 7) is 2.83. The molecule has 1 atom stereocenters. The minimum Gasteiger partial charge on any atom is -0.422 e. The molecule has 0 radical (unpaired) electrons. The van der Waals surface area contributed by atoms with Gasteiger partial charge in [-0.2, -0.15) is 0 Å². The van der Waals surface area contributed by atoms with Gasteiger partial charge in [0.25, 0.3) is 0 Å². The summed E-state index contributed by atoms with van der Waals surface area (Å²) in [6.07, 6.45) is 7.59. The first-order valence-corrected chi connectivity index (χ1v) is 6.78. The van der Waals surface area contributed by atoms with E-state index >= 15 is 0 Å². The summed E-state index contributed by atoms with van der Waals surface area (Å²) in [4.78, 5) is 0. The zero-order valence-corrected chi connectivity index (χ0v) is 10.4. The van der Waals surface area contributed by atoms with E-state index in [9.17, 15) is 0 Å². The summed E-state index contributed by atoms with van der Waals surface area (Å²) in [7, 11) is 0. The molecule has 0 saturated heterocycles. The molecule has 4 heteroatoms. The van der Waals surface area contributed by atoms with Crippen LogP contribution in [-0.4, -0.2) is 16.8 Å². The van der Waals surface area contributed by atoms with Gasteiger partial charge in [-0.05, 0) is 38.5 Å². The molecule has 0 aliphatic heterocycles. The molecule has 3 rings (SSSR count). The molecule has 17 heavy (non-hydrogen) atoms. The Bertz CT molecular complexity index is 369. The van der Waals surface area contributed by atoms with Crippen molar-refractivity contribution >= 4 is 0 Å². The summed E-state index contributed by atoms with van der Waals surface area (Å²) in [5, 5.41) is 8.22. The fraction of sp³-hybridized carbons (Fsp3) is 0.846. The van der Waals surface area contributed by atoms with Gasteiger partial charge in [0.1, 0.15) is 6.10 Å². The zero-order chi connectivity index (χ0) is 11.7. The predicted octanol–water partition coefficient (Wildman–Crippen LogP) is 3.21. The minimum atomic E-state index is -0.0584. The van der Waals surface area contributed by atoms with Crippen LogP contribution >= 0.6 is 0 Å². The van der Waals surface area contributed by atoms with E-state index in [0.29, 0.717) is 11.8 Å². The lowest BCUT2D eigenvalue weighted by Gasteiger charge is -2.25. The van der Waals surface area contributed by atoms with Crippen LogP contribution in [0.15, 0.2) is 4.42 Å². The molecular formula is C13H20N2O2. The molecule has 1 aromatic heterocycles. The van der Waals surface area contributed by atoms with Crippen LogP contribution in [0.25, 0.3) is 0 Å². The molecule has 0 amide bonds. The van der Waals surface area contributed by atoms with Gasteiger partial charge in [-0.3, -0.25) is 0 Å². The molecule has 4 nitrogen and oxygen atoms in total. The lowest BCUT2D eigenvalue weighted by Crippen LogP contribution is -2.18. The molecular weight excluding hydrogens is 216 g/mol. The Balaban J connectivity index is 1.52. The summed E-state index contributed by atoms with van der Waals surface area (Å²) >= 11 is 0. The first-order valence-electron chi connectivity index (χ1n) is 6.78. The van der Waals surface area contributed by atoms with Gasteiger partial charge < -0.3 is 9.15 Å². The highest BCUT2D eigenvalue weighted by Gasteiger charge is 2.27. The van der Waals surface area contributed by atoms with Crippen molar-refractivity contribution in [1.29, 1.82) is 0 Å². The van der Waals surface area contributed by atoms with Crippen molar-refractivity contribution in [2.24, 2.45) is 5.92 Å². The van der Waals surface area contributed by atoms with Crippen LogP contribution in [-0.2, 0) is 4.74 Å². The van der Waals surface area contributed by atoms with E-state index in [2.05, 4.69) is 10.2 Å². The molecule has 94 valence electrons. The van der Waals surface area contributed by atoms with E-state index in [-0.39, 0.29) is 6.10 Å². The van der Waals surface area contributed by atoms with Crippen molar-refractivity contribution in [1.82, 2.24) is 10.2 Å². The van der Waals surface area contributed by atoms with Crippen molar-refractivity contribution in [2.45, 2.75) is 57.5 Å². The van der Waals surface area contributed by atoms with Gasteiger partial charge in [-0.15, -0.1) is 10.2 Å². The Morgan fingerprint density at radius 1 is 1.24 bits per heavy atom. The smallest absolute Gasteiger partial charge is 0.244 e. The normalized spacial score (nSPS) is 23.1. The van der Waals surface area contributed by atoms with Crippen LogP contribution in [0.3, 0.4) is 0 Å². The maximum atomic E-state index is 5.78. The summed E-state index contributed by atoms with van der Waals surface area (Å²) in [5.41, 5.74) is 0. The van der Waals surface area contributed by atoms with E-state index < -0.39 is 0 Å². The van der Waals surface area contributed by atoms with E-state index in [1.807, 2.05) is 6.92 Å². The van der Waals surface area contributed by atoms with Gasteiger partial charge >= 0.3 is 0 Å². The molecule has 1 unspecified atom stereocenters. The zero-order valence-electron chi connectivity index (χ0n) is 10.4. The first-order chi connectivity index (χ1) is 8.33. The largest absolute Gasteiger partial charge is 0.422 e. The highest BCUT2D eigenvalue weighted by molar-refractivity contribution is 4.97. The van der Waals surface area contributed by atoms with Crippen LogP contribution < -0.4 is 0 Å². The number of hydrogen-bond acceptors (Lipinski definition) is 4. The van der Waals surface area contributed by atoms with E-state index in [1.165, 1.54) is 38.5 Å². The fourth-order valence-electron chi connectivity index (χ4n) is 2.24. The molecule has 0 spiro atoms. The maximum Gasteiger partial charge on any atom is 0.244 e. The fourth-order valence-corrected chi connectivity index (χ4v) is 2.24. The van der Waals surface area contributed by atoms with Crippen molar-refractivity contribution < 1.29 is 9.15 Å². The van der Waals surface area contributed by atoms with Gasteiger partial charge in [-0.1, -0.05) is 12.8 Å². The van der Waals surface area contributed by atoms with Crippen LogP contribution in [0.2, 0.25) is 0 Å². The monoisotopic (exact) mass is 236 g/mol. The van der Waals surface area contributed by atoms with Crippen molar-refractivity contribution in [3.8, 4) is 0 Å². The summed E-state index contributed by atoms with van der Waals surface area (Å²) in [6, 6.07) is 0. The number of ether oxygens (including phenoxy) is 1. The molecule has 2 aliphatic rings.